The van der Waals surface area contributed by atoms with Gasteiger partial charge in [0.2, 0.25) is 5.79 Å². The van der Waals surface area contributed by atoms with Crippen molar-refractivity contribution >= 4 is 5.97 Å². The van der Waals surface area contributed by atoms with Gasteiger partial charge >= 0.3 is 5.97 Å². The van der Waals surface area contributed by atoms with Gasteiger partial charge in [-0.25, -0.2) is 14.6 Å². The molecule has 1 N–H and O–H groups in total. The van der Waals surface area contributed by atoms with Gasteiger partial charge in [0.15, 0.2) is 24.3 Å². The molecule has 33 heavy (non-hydrogen) atoms. The smallest absolute Gasteiger partial charge is 0.344 e. The van der Waals surface area contributed by atoms with Crippen molar-refractivity contribution < 1.29 is 38.6 Å². The zero-order chi connectivity index (χ0) is 23.4. The average Bonchev–Trinajstić information content (AvgIpc) is 3.02. The second kappa shape index (κ2) is 8.50. The highest BCUT2D eigenvalue weighted by Crippen LogP contribution is 2.60. The second-order valence-electron chi connectivity index (χ2n) is 10.3. The highest BCUT2D eigenvalue weighted by Gasteiger charge is 2.69. The zero-order valence-corrected chi connectivity index (χ0v) is 19.7. The summed E-state index contributed by atoms with van der Waals surface area (Å²) in [6.45, 7) is 8.25. The lowest BCUT2D eigenvalue weighted by atomic mass is 9.58. The number of carboxylic acid groups (broad SMARTS) is 1. The van der Waals surface area contributed by atoms with Gasteiger partial charge in [0.25, 0.3) is 0 Å². The normalized spacial score (nSPS) is 42.8. The predicted molar refractivity (Wildman–Crippen MR) is 116 cm³/mol. The first-order chi connectivity index (χ1) is 15.7. The van der Waals surface area contributed by atoms with E-state index in [-0.39, 0.29) is 11.8 Å². The summed E-state index contributed by atoms with van der Waals surface area (Å²) >= 11 is 0. The van der Waals surface area contributed by atoms with E-state index in [9.17, 15) is 4.79 Å². The molecular formula is C25H34O8. The third-order valence-electron chi connectivity index (χ3n) is 8.10. The van der Waals surface area contributed by atoms with E-state index in [1.807, 2.05) is 19.1 Å². The molecule has 1 aromatic carbocycles. The van der Waals surface area contributed by atoms with Crippen LogP contribution in [0.1, 0.15) is 58.9 Å². The van der Waals surface area contributed by atoms with Crippen LogP contribution < -0.4 is 4.74 Å². The number of aliphatic carboxylic acids is 1. The van der Waals surface area contributed by atoms with Crippen molar-refractivity contribution in [3.05, 3.63) is 29.8 Å². The second-order valence-corrected chi connectivity index (χ2v) is 10.3. The Morgan fingerprint density at radius 1 is 1.15 bits per heavy atom. The van der Waals surface area contributed by atoms with Crippen LogP contribution in [-0.2, 0) is 35.4 Å². The van der Waals surface area contributed by atoms with Crippen molar-refractivity contribution in [2.45, 2.75) is 90.1 Å². The van der Waals surface area contributed by atoms with Crippen molar-refractivity contribution in [1.29, 1.82) is 0 Å². The maximum atomic E-state index is 11.0. The zero-order valence-electron chi connectivity index (χ0n) is 19.7. The Morgan fingerprint density at radius 3 is 2.64 bits per heavy atom. The summed E-state index contributed by atoms with van der Waals surface area (Å²) in [6, 6.07) is 7.26. The first-order valence-corrected chi connectivity index (χ1v) is 12.0. The van der Waals surface area contributed by atoms with Crippen LogP contribution in [0.2, 0.25) is 0 Å². The molecule has 4 heterocycles. The number of hydrogen-bond donors (Lipinski definition) is 1. The minimum atomic E-state index is -0.999. The molecule has 1 aliphatic carbocycles. The molecule has 0 radical (unpaired) electrons. The monoisotopic (exact) mass is 462 g/mol. The summed E-state index contributed by atoms with van der Waals surface area (Å²) in [4.78, 5) is 23.0. The molecule has 4 saturated heterocycles. The summed E-state index contributed by atoms with van der Waals surface area (Å²) in [5, 5.41) is 9.00. The van der Waals surface area contributed by atoms with E-state index < -0.39 is 36.0 Å². The van der Waals surface area contributed by atoms with Gasteiger partial charge in [-0.15, -0.1) is 0 Å². The van der Waals surface area contributed by atoms with Crippen molar-refractivity contribution in [2.75, 3.05) is 0 Å². The van der Waals surface area contributed by atoms with Crippen molar-refractivity contribution in [3.8, 4) is 5.75 Å². The highest BCUT2D eigenvalue weighted by molar-refractivity contribution is 5.72. The van der Waals surface area contributed by atoms with Crippen LogP contribution >= 0.6 is 0 Å². The minimum Gasteiger partial charge on any atom is -0.479 e. The van der Waals surface area contributed by atoms with Crippen LogP contribution in [0.3, 0.4) is 0 Å². The molecule has 2 bridgehead atoms. The number of carboxylic acids is 1. The maximum absolute atomic E-state index is 11.0. The molecule has 1 saturated carbocycles. The molecule has 6 rings (SSSR count). The largest absolute Gasteiger partial charge is 0.479 e. The van der Waals surface area contributed by atoms with Gasteiger partial charge in [0.05, 0.1) is 6.61 Å². The van der Waals surface area contributed by atoms with Gasteiger partial charge < -0.3 is 24.1 Å². The maximum Gasteiger partial charge on any atom is 0.344 e. The van der Waals surface area contributed by atoms with E-state index in [1.54, 1.807) is 12.1 Å². The third kappa shape index (κ3) is 3.96. The van der Waals surface area contributed by atoms with Gasteiger partial charge in [0, 0.05) is 18.3 Å². The SMILES string of the molecule is CC(Oc1ccc(CO[C@H]2O[C@@H]3O[C@]4(C)CCC5[C@H](C)CCC([C@H]2C)[C@]53OO4)cc1)C(=O)O. The van der Waals surface area contributed by atoms with Crippen LogP contribution in [-0.4, -0.2) is 41.1 Å². The van der Waals surface area contributed by atoms with Crippen molar-refractivity contribution in [1.82, 2.24) is 0 Å². The summed E-state index contributed by atoms with van der Waals surface area (Å²) in [6.07, 6.45) is 2.11. The molecule has 5 aliphatic rings. The molecule has 4 aliphatic heterocycles. The molecule has 9 atom stereocenters. The number of ether oxygens (including phenoxy) is 4. The van der Waals surface area contributed by atoms with E-state index in [1.165, 1.54) is 6.92 Å². The van der Waals surface area contributed by atoms with Crippen LogP contribution in [0, 0.1) is 23.7 Å². The molecule has 0 aromatic heterocycles. The molecular weight excluding hydrogens is 428 g/mol. The number of fused-ring (bicyclic) bond motifs is 2. The molecule has 5 fully saturated rings. The lowest BCUT2D eigenvalue weighted by Crippen LogP contribution is -2.70. The van der Waals surface area contributed by atoms with Crippen LogP contribution in [0.25, 0.3) is 0 Å². The quantitative estimate of drug-likeness (QED) is 0.627. The van der Waals surface area contributed by atoms with Gasteiger partial charge in [0.1, 0.15) is 5.75 Å². The minimum absolute atomic E-state index is 0.116. The van der Waals surface area contributed by atoms with Crippen LogP contribution in [0.15, 0.2) is 24.3 Å². The first kappa shape index (κ1) is 23.1. The lowest BCUT2D eigenvalue weighted by molar-refractivity contribution is -0.577. The Labute approximate surface area is 194 Å². The number of rotatable bonds is 6. The third-order valence-corrected chi connectivity index (χ3v) is 8.10. The number of benzene rings is 1. The molecule has 0 amide bonds. The fourth-order valence-electron chi connectivity index (χ4n) is 6.16. The van der Waals surface area contributed by atoms with Crippen LogP contribution in [0.4, 0.5) is 0 Å². The Hall–Kier alpha value is -1.71. The van der Waals surface area contributed by atoms with E-state index in [0.717, 1.165) is 31.2 Å². The van der Waals surface area contributed by atoms with Crippen molar-refractivity contribution in [3.63, 3.8) is 0 Å². The number of hydrogen-bond acceptors (Lipinski definition) is 7. The summed E-state index contributed by atoms with van der Waals surface area (Å²) in [5.74, 6) is -0.104. The van der Waals surface area contributed by atoms with E-state index in [0.29, 0.717) is 24.2 Å². The molecule has 182 valence electrons. The van der Waals surface area contributed by atoms with Gasteiger partial charge in [-0.05, 0) is 62.6 Å². The predicted octanol–water partition coefficient (Wildman–Crippen LogP) is 4.26. The number of carbonyl (C=O) groups is 1. The molecule has 1 aromatic rings. The molecule has 1 spiro atoms. The summed E-state index contributed by atoms with van der Waals surface area (Å²) < 4.78 is 24.5. The van der Waals surface area contributed by atoms with Crippen molar-refractivity contribution in [2.24, 2.45) is 23.7 Å². The van der Waals surface area contributed by atoms with E-state index in [4.69, 9.17) is 33.8 Å². The Bertz CT molecular complexity index is 874. The fraction of sp³-hybridized carbons (Fsp3) is 0.720. The van der Waals surface area contributed by atoms with Gasteiger partial charge in [-0.3, -0.25) is 0 Å². The fourth-order valence-corrected chi connectivity index (χ4v) is 6.16. The Kier molecular flexibility index (Phi) is 5.94. The molecule has 8 heteroatoms. The topological polar surface area (TPSA) is 92.7 Å². The Morgan fingerprint density at radius 2 is 1.91 bits per heavy atom. The van der Waals surface area contributed by atoms with E-state index in [2.05, 4.69) is 13.8 Å². The lowest BCUT2D eigenvalue weighted by Gasteiger charge is -2.60. The van der Waals surface area contributed by atoms with Gasteiger partial charge in [-0.2, -0.15) is 0 Å². The summed E-state index contributed by atoms with van der Waals surface area (Å²) in [7, 11) is 0. The van der Waals surface area contributed by atoms with Crippen LogP contribution in [0.5, 0.6) is 5.75 Å². The summed E-state index contributed by atoms with van der Waals surface area (Å²) in [5.41, 5.74) is 0.360. The van der Waals surface area contributed by atoms with E-state index >= 15 is 0 Å². The standard InChI is InChI=1S/C25H34O8/c1-14-5-10-20-15(2)22(28-13-17-6-8-18(9-7-17)29-16(3)21(26)27)30-23-25(20)19(14)11-12-24(4,31-23)32-33-25/h6-9,14-16,19-20,22-23H,5,10-13H2,1-4H3,(H,26,27)/t14-,15-,16?,19?,20?,22+,23-,24+,25-/m1/s1. The first-order valence-electron chi connectivity index (χ1n) is 12.0. The highest BCUT2D eigenvalue weighted by atomic mass is 17.3. The average molecular weight is 463 g/mol. The Balaban J connectivity index is 1.29. The van der Waals surface area contributed by atoms with Gasteiger partial charge in [-0.1, -0.05) is 26.0 Å². The molecule has 8 nitrogen and oxygen atoms in total. The molecule has 3 unspecified atom stereocenters.